The first-order chi connectivity index (χ1) is 8.99. The van der Waals surface area contributed by atoms with Gasteiger partial charge in [0.1, 0.15) is 5.82 Å². The average molecular weight is 288 g/mol. The molecule has 1 aliphatic rings. The van der Waals surface area contributed by atoms with Gasteiger partial charge < -0.3 is 4.74 Å². The van der Waals surface area contributed by atoms with E-state index in [1.807, 2.05) is 0 Å². The van der Waals surface area contributed by atoms with Crippen LogP contribution in [0.25, 0.3) is 0 Å². The van der Waals surface area contributed by atoms with E-state index in [1.54, 1.807) is 19.1 Å². The maximum atomic E-state index is 12.8. The monoisotopic (exact) mass is 288 g/mol. The van der Waals surface area contributed by atoms with Gasteiger partial charge in [0.05, 0.1) is 13.2 Å². The second-order valence-electron chi connectivity index (χ2n) is 4.41. The predicted octanol–water partition coefficient (Wildman–Crippen LogP) is 1.05. The Kier molecular flexibility index (Phi) is 4.51. The number of nitrogens with zero attached hydrogens (tertiary/aromatic N) is 1. The highest BCUT2D eigenvalue weighted by Gasteiger charge is 2.25. The first kappa shape index (κ1) is 14.4. The molecule has 1 unspecified atom stereocenters. The van der Waals surface area contributed by atoms with Gasteiger partial charge in [-0.25, -0.2) is 4.39 Å². The van der Waals surface area contributed by atoms with Crippen molar-refractivity contribution in [3.8, 4) is 0 Å². The quantitative estimate of drug-likeness (QED) is 0.901. The van der Waals surface area contributed by atoms with E-state index in [1.165, 1.54) is 16.4 Å². The molecule has 0 bridgehead atoms. The van der Waals surface area contributed by atoms with Crippen LogP contribution in [0.5, 0.6) is 0 Å². The predicted molar refractivity (Wildman–Crippen MR) is 69.3 cm³/mol. The maximum absolute atomic E-state index is 12.8. The average Bonchev–Trinajstić information content (AvgIpc) is 2.40. The van der Waals surface area contributed by atoms with E-state index < -0.39 is 16.3 Å². The van der Waals surface area contributed by atoms with E-state index in [-0.39, 0.29) is 5.82 Å². The van der Waals surface area contributed by atoms with E-state index in [9.17, 15) is 12.8 Å². The van der Waals surface area contributed by atoms with Crippen LogP contribution in [-0.2, 0) is 14.9 Å². The van der Waals surface area contributed by atoms with Gasteiger partial charge in [0, 0.05) is 19.1 Å². The van der Waals surface area contributed by atoms with Crippen LogP contribution >= 0.6 is 0 Å². The molecule has 1 heterocycles. The van der Waals surface area contributed by atoms with Crippen molar-refractivity contribution in [1.82, 2.24) is 9.03 Å². The van der Waals surface area contributed by atoms with Crippen molar-refractivity contribution in [2.45, 2.75) is 13.0 Å². The summed E-state index contributed by atoms with van der Waals surface area (Å²) in [5, 5.41) is 0. The zero-order valence-electron chi connectivity index (χ0n) is 10.7. The summed E-state index contributed by atoms with van der Waals surface area (Å²) >= 11 is 0. The minimum absolute atomic E-state index is 0.341. The summed E-state index contributed by atoms with van der Waals surface area (Å²) in [6.45, 7) is 3.25. The van der Waals surface area contributed by atoms with Crippen molar-refractivity contribution in [1.29, 1.82) is 0 Å². The highest BCUT2D eigenvalue weighted by Crippen LogP contribution is 2.15. The Balaban J connectivity index is 2.04. The van der Waals surface area contributed by atoms with E-state index in [2.05, 4.69) is 4.72 Å². The second kappa shape index (κ2) is 5.96. The Morgan fingerprint density at radius 1 is 1.26 bits per heavy atom. The first-order valence-electron chi connectivity index (χ1n) is 6.09. The lowest BCUT2D eigenvalue weighted by molar-refractivity contribution is 0.0723. The smallest absolute Gasteiger partial charge is 0.280 e. The maximum Gasteiger partial charge on any atom is 0.280 e. The summed E-state index contributed by atoms with van der Waals surface area (Å²) in [4.78, 5) is 0. The van der Waals surface area contributed by atoms with Crippen LogP contribution in [0.2, 0.25) is 0 Å². The number of ether oxygens (including phenoxy) is 1. The number of rotatable bonds is 4. The molecule has 1 fully saturated rings. The zero-order chi connectivity index (χ0) is 13.9. The second-order valence-corrected chi connectivity index (χ2v) is 6.11. The minimum atomic E-state index is -3.53. The molecule has 0 amide bonds. The molecule has 1 saturated heterocycles. The van der Waals surface area contributed by atoms with Crippen molar-refractivity contribution >= 4 is 10.2 Å². The molecule has 19 heavy (non-hydrogen) atoms. The Labute approximate surface area is 112 Å². The number of hydrogen-bond donors (Lipinski definition) is 1. The highest BCUT2D eigenvalue weighted by molar-refractivity contribution is 7.87. The Morgan fingerprint density at radius 3 is 2.42 bits per heavy atom. The number of morpholine rings is 1. The number of halogens is 1. The molecule has 2 rings (SSSR count). The SMILES string of the molecule is CC(NS(=O)(=O)N1CCOCC1)c1ccc(F)cc1. The van der Waals surface area contributed by atoms with Crippen LogP contribution in [0.4, 0.5) is 4.39 Å². The molecule has 1 aliphatic heterocycles. The Hall–Kier alpha value is -1.02. The molecule has 1 aromatic carbocycles. The third-order valence-electron chi connectivity index (χ3n) is 3.01. The van der Waals surface area contributed by atoms with Gasteiger partial charge >= 0.3 is 0 Å². The summed E-state index contributed by atoms with van der Waals surface area (Å²) in [7, 11) is -3.53. The van der Waals surface area contributed by atoms with Crippen molar-refractivity contribution in [2.75, 3.05) is 26.3 Å². The largest absolute Gasteiger partial charge is 0.379 e. The molecule has 0 saturated carbocycles. The lowest BCUT2D eigenvalue weighted by Gasteiger charge is -2.27. The zero-order valence-corrected chi connectivity index (χ0v) is 11.5. The fraction of sp³-hybridized carbons (Fsp3) is 0.500. The Bertz CT molecular complexity index is 512. The molecule has 1 aromatic rings. The lowest BCUT2D eigenvalue weighted by atomic mass is 10.1. The Morgan fingerprint density at radius 2 is 1.84 bits per heavy atom. The summed E-state index contributed by atoms with van der Waals surface area (Å²) in [6, 6.07) is 5.36. The van der Waals surface area contributed by atoms with Crippen LogP contribution in [-0.4, -0.2) is 39.0 Å². The third-order valence-corrected chi connectivity index (χ3v) is 4.70. The van der Waals surface area contributed by atoms with Gasteiger partial charge in [-0.05, 0) is 24.6 Å². The van der Waals surface area contributed by atoms with E-state index in [4.69, 9.17) is 4.74 Å². The molecule has 5 nitrogen and oxygen atoms in total. The number of hydrogen-bond acceptors (Lipinski definition) is 3. The molecule has 7 heteroatoms. The fourth-order valence-corrected chi connectivity index (χ4v) is 3.27. The van der Waals surface area contributed by atoms with Gasteiger partial charge in [0.25, 0.3) is 10.2 Å². The van der Waals surface area contributed by atoms with Crippen molar-refractivity contribution < 1.29 is 17.5 Å². The summed E-state index contributed by atoms with van der Waals surface area (Å²) in [5.41, 5.74) is 0.721. The normalized spacial score (nSPS) is 19.3. The number of nitrogens with one attached hydrogen (secondary N) is 1. The topological polar surface area (TPSA) is 58.6 Å². The van der Waals surface area contributed by atoms with Gasteiger partial charge in [0.15, 0.2) is 0 Å². The van der Waals surface area contributed by atoms with Crippen LogP contribution in [0, 0.1) is 5.82 Å². The van der Waals surface area contributed by atoms with Gasteiger partial charge in [-0.3, -0.25) is 0 Å². The lowest BCUT2D eigenvalue weighted by Crippen LogP contribution is -2.47. The third kappa shape index (κ3) is 3.73. The van der Waals surface area contributed by atoms with Crippen LogP contribution < -0.4 is 4.72 Å². The standard InChI is InChI=1S/C12H17FN2O3S/c1-10(11-2-4-12(13)5-3-11)14-19(16,17)15-6-8-18-9-7-15/h2-5,10,14H,6-9H2,1H3. The highest BCUT2D eigenvalue weighted by atomic mass is 32.2. The minimum Gasteiger partial charge on any atom is -0.379 e. The van der Waals surface area contributed by atoms with Crippen LogP contribution in [0.15, 0.2) is 24.3 Å². The van der Waals surface area contributed by atoms with E-state index >= 15 is 0 Å². The first-order valence-corrected chi connectivity index (χ1v) is 7.53. The van der Waals surface area contributed by atoms with Crippen molar-refractivity contribution in [3.05, 3.63) is 35.6 Å². The molecule has 0 aliphatic carbocycles. The van der Waals surface area contributed by atoms with Crippen LogP contribution in [0.3, 0.4) is 0 Å². The summed E-state index contributed by atoms with van der Waals surface area (Å²) in [5.74, 6) is -0.341. The fourth-order valence-electron chi connectivity index (χ4n) is 1.90. The summed E-state index contributed by atoms with van der Waals surface area (Å²) in [6.07, 6.45) is 0. The molecule has 0 aromatic heterocycles. The van der Waals surface area contributed by atoms with E-state index in [0.717, 1.165) is 5.56 Å². The molecular formula is C12H17FN2O3S. The molecular weight excluding hydrogens is 271 g/mol. The van der Waals surface area contributed by atoms with Gasteiger partial charge in [-0.2, -0.15) is 17.4 Å². The molecule has 1 atom stereocenters. The molecule has 0 spiro atoms. The number of benzene rings is 1. The van der Waals surface area contributed by atoms with Gasteiger partial charge in [-0.15, -0.1) is 0 Å². The molecule has 106 valence electrons. The van der Waals surface area contributed by atoms with Gasteiger partial charge in [0.2, 0.25) is 0 Å². The van der Waals surface area contributed by atoms with Crippen molar-refractivity contribution in [3.63, 3.8) is 0 Å². The van der Waals surface area contributed by atoms with Crippen molar-refractivity contribution in [2.24, 2.45) is 0 Å². The summed E-state index contributed by atoms with van der Waals surface area (Å²) < 4.78 is 46.1. The van der Waals surface area contributed by atoms with E-state index in [0.29, 0.717) is 26.3 Å². The molecule has 0 radical (unpaired) electrons. The van der Waals surface area contributed by atoms with Gasteiger partial charge in [-0.1, -0.05) is 12.1 Å². The molecule has 1 N–H and O–H groups in total. The van der Waals surface area contributed by atoms with Crippen LogP contribution in [0.1, 0.15) is 18.5 Å².